The fraction of sp³-hybridized carbons (Fsp3) is 0.364. The van der Waals surface area contributed by atoms with Crippen molar-refractivity contribution < 1.29 is 18.7 Å². The van der Waals surface area contributed by atoms with E-state index < -0.39 is 28.7 Å². The van der Waals surface area contributed by atoms with Crippen molar-refractivity contribution in [1.82, 2.24) is 19.8 Å². The highest BCUT2D eigenvalue weighted by atomic mass is 32.1. The Morgan fingerprint density at radius 2 is 2.03 bits per heavy atom. The lowest BCUT2D eigenvalue weighted by Crippen LogP contribution is -2.62. The summed E-state index contributed by atoms with van der Waals surface area (Å²) >= 11 is 1.08. The van der Waals surface area contributed by atoms with Crippen molar-refractivity contribution >= 4 is 17.2 Å². The Morgan fingerprint density at radius 1 is 1.24 bits per heavy atom. The van der Waals surface area contributed by atoms with Gasteiger partial charge in [0.15, 0.2) is 16.5 Å². The maximum absolute atomic E-state index is 14.0. The summed E-state index contributed by atoms with van der Waals surface area (Å²) in [5, 5.41) is 21.4. The first kappa shape index (κ1) is 21.5. The lowest BCUT2D eigenvalue weighted by molar-refractivity contribution is 0.0559. The van der Waals surface area contributed by atoms with E-state index in [1.54, 1.807) is 16.6 Å². The normalized spacial score (nSPS) is 20.1. The summed E-state index contributed by atoms with van der Waals surface area (Å²) in [7, 11) is 1.67. The number of carbonyl (C=O) groups is 1. The van der Waals surface area contributed by atoms with Crippen molar-refractivity contribution in [2.75, 3.05) is 18.6 Å². The van der Waals surface area contributed by atoms with Crippen molar-refractivity contribution in [2.45, 2.75) is 32.4 Å². The monoisotopic (exact) mass is 473 g/mol. The molecule has 1 aromatic carbocycles. The highest BCUT2D eigenvalue weighted by Gasteiger charge is 2.41. The molecule has 33 heavy (non-hydrogen) atoms. The van der Waals surface area contributed by atoms with E-state index in [4.69, 9.17) is 0 Å². The van der Waals surface area contributed by atoms with Gasteiger partial charge < -0.3 is 10.0 Å². The van der Waals surface area contributed by atoms with Crippen molar-refractivity contribution in [2.24, 2.45) is 5.92 Å². The molecule has 8 nitrogen and oxygen atoms in total. The standard InChI is InChI=1S/C22H21F2N5O3S/c1-11-5-6-28-17(7-11)27(2)22(32)18-20(31)19(30)14(10-29(18)28)21-26-25-16(33-21)8-12-3-4-13(23)9-15(12)24/h3-4,9-11,17,31H,5-8H2,1-2H3/t11-,17+/m1/s1. The van der Waals surface area contributed by atoms with Crippen LogP contribution in [0.4, 0.5) is 8.78 Å². The third-order valence-corrected chi connectivity index (χ3v) is 7.23. The Labute approximate surface area is 191 Å². The van der Waals surface area contributed by atoms with Gasteiger partial charge in [0, 0.05) is 32.3 Å². The molecule has 2 aliphatic rings. The minimum Gasteiger partial charge on any atom is -0.502 e. The molecule has 1 saturated heterocycles. The average molecular weight is 474 g/mol. The van der Waals surface area contributed by atoms with Gasteiger partial charge in [-0.1, -0.05) is 24.3 Å². The number of fused-ring (bicyclic) bond motifs is 3. The largest absolute Gasteiger partial charge is 0.502 e. The van der Waals surface area contributed by atoms with Gasteiger partial charge in [0.25, 0.3) is 5.91 Å². The van der Waals surface area contributed by atoms with Crippen molar-refractivity contribution in [1.29, 1.82) is 0 Å². The van der Waals surface area contributed by atoms with Crippen molar-refractivity contribution in [3.8, 4) is 16.3 Å². The quantitative estimate of drug-likeness (QED) is 0.629. The van der Waals surface area contributed by atoms with E-state index in [0.29, 0.717) is 17.5 Å². The third-order valence-electron chi connectivity index (χ3n) is 6.27. The fourth-order valence-corrected chi connectivity index (χ4v) is 5.29. The summed E-state index contributed by atoms with van der Waals surface area (Å²) in [6.45, 7) is 2.79. The molecule has 4 heterocycles. The molecule has 0 saturated carbocycles. The number of nitrogens with zero attached hydrogens (tertiary/aromatic N) is 5. The minimum absolute atomic E-state index is 0.0739. The number of piperidine rings is 1. The van der Waals surface area contributed by atoms with Crippen LogP contribution in [0.2, 0.25) is 0 Å². The SMILES string of the molecule is C[C@@H]1CCN2[C@@H](C1)N(C)C(=O)c1c(O)c(=O)c(-c3nnc(Cc4ccc(F)cc4F)s3)cn12. The zero-order valence-electron chi connectivity index (χ0n) is 18.0. The summed E-state index contributed by atoms with van der Waals surface area (Å²) in [5.41, 5.74) is -0.435. The molecular formula is C22H21F2N5O3S. The molecule has 0 radical (unpaired) electrons. The number of rotatable bonds is 3. The second-order valence-electron chi connectivity index (χ2n) is 8.52. The van der Waals surface area contributed by atoms with Crippen LogP contribution in [-0.4, -0.2) is 50.5 Å². The first-order valence-corrected chi connectivity index (χ1v) is 11.4. The molecule has 1 amide bonds. The first-order valence-electron chi connectivity index (χ1n) is 10.5. The number of pyridine rings is 1. The second-order valence-corrected chi connectivity index (χ2v) is 9.58. The highest BCUT2D eigenvalue weighted by molar-refractivity contribution is 7.14. The Hall–Kier alpha value is -3.34. The average Bonchev–Trinajstić information content (AvgIpc) is 3.24. The third kappa shape index (κ3) is 3.56. The molecule has 1 fully saturated rings. The molecule has 1 N–H and O–H groups in total. The van der Waals surface area contributed by atoms with Crippen LogP contribution >= 0.6 is 11.3 Å². The summed E-state index contributed by atoms with van der Waals surface area (Å²) in [6.07, 6.45) is 3.10. The number of hydrogen-bond donors (Lipinski definition) is 1. The first-order chi connectivity index (χ1) is 15.7. The van der Waals surface area contributed by atoms with Gasteiger partial charge in [0.05, 0.1) is 5.56 Å². The van der Waals surface area contributed by atoms with E-state index in [1.165, 1.54) is 12.3 Å². The van der Waals surface area contributed by atoms with E-state index in [9.17, 15) is 23.5 Å². The molecular weight excluding hydrogens is 452 g/mol. The van der Waals surface area contributed by atoms with E-state index in [-0.39, 0.29) is 34.4 Å². The number of amides is 1. The maximum atomic E-state index is 14.0. The smallest absolute Gasteiger partial charge is 0.277 e. The van der Waals surface area contributed by atoms with Crippen LogP contribution in [0.15, 0.2) is 29.2 Å². The zero-order valence-corrected chi connectivity index (χ0v) is 18.8. The lowest BCUT2D eigenvalue weighted by atomic mass is 9.96. The number of hydrogen-bond acceptors (Lipinski definition) is 7. The molecule has 172 valence electrons. The predicted octanol–water partition coefficient (Wildman–Crippen LogP) is 2.72. The zero-order chi connectivity index (χ0) is 23.4. The second kappa shape index (κ2) is 7.91. The van der Waals surface area contributed by atoms with Crippen LogP contribution in [0.25, 0.3) is 10.6 Å². The highest BCUT2D eigenvalue weighted by Crippen LogP contribution is 2.33. The van der Waals surface area contributed by atoms with E-state index in [2.05, 4.69) is 17.1 Å². The molecule has 5 rings (SSSR count). The van der Waals surface area contributed by atoms with Crippen LogP contribution in [0.1, 0.15) is 40.8 Å². The van der Waals surface area contributed by atoms with Crippen molar-refractivity contribution in [3.63, 3.8) is 0 Å². The molecule has 0 spiro atoms. The predicted molar refractivity (Wildman–Crippen MR) is 118 cm³/mol. The maximum Gasteiger partial charge on any atom is 0.277 e. The number of benzene rings is 1. The van der Waals surface area contributed by atoms with Gasteiger partial charge in [-0.15, -0.1) is 10.2 Å². The van der Waals surface area contributed by atoms with Gasteiger partial charge in [-0.25, -0.2) is 8.78 Å². The van der Waals surface area contributed by atoms with Crippen LogP contribution in [0.3, 0.4) is 0 Å². The molecule has 0 aliphatic carbocycles. The van der Waals surface area contributed by atoms with Crippen LogP contribution in [0.5, 0.6) is 5.75 Å². The molecule has 2 atom stereocenters. The molecule has 11 heteroatoms. The number of aromatic nitrogens is 3. The van der Waals surface area contributed by atoms with Gasteiger partial charge in [0.2, 0.25) is 5.43 Å². The molecule has 3 aromatic rings. The number of carbonyl (C=O) groups excluding carboxylic acids is 1. The van der Waals surface area contributed by atoms with Gasteiger partial charge in [0.1, 0.15) is 22.8 Å². The Balaban J connectivity index is 1.55. The topological polar surface area (TPSA) is 91.6 Å². The fourth-order valence-electron chi connectivity index (χ4n) is 4.42. The van der Waals surface area contributed by atoms with Crippen molar-refractivity contribution in [3.05, 3.63) is 62.5 Å². The number of halogens is 2. The van der Waals surface area contributed by atoms with Crippen LogP contribution < -0.4 is 10.4 Å². The molecule has 0 bridgehead atoms. The van der Waals surface area contributed by atoms with E-state index in [0.717, 1.165) is 36.3 Å². The summed E-state index contributed by atoms with van der Waals surface area (Å²) < 4.78 is 28.7. The van der Waals surface area contributed by atoms with Gasteiger partial charge in [-0.05, 0) is 30.4 Å². The molecule has 2 aliphatic heterocycles. The van der Waals surface area contributed by atoms with Crippen LogP contribution in [0, 0.1) is 17.6 Å². The van der Waals surface area contributed by atoms with Gasteiger partial charge in [-0.3, -0.25) is 19.3 Å². The molecule has 0 unspecified atom stereocenters. The van der Waals surface area contributed by atoms with Crippen LogP contribution in [-0.2, 0) is 6.42 Å². The van der Waals surface area contributed by atoms with Gasteiger partial charge in [-0.2, -0.15) is 0 Å². The Bertz CT molecular complexity index is 1320. The molecule has 2 aromatic heterocycles. The summed E-state index contributed by atoms with van der Waals surface area (Å²) in [6, 6.07) is 3.30. The number of aromatic hydroxyl groups is 1. The summed E-state index contributed by atoms with van der Waals surface area (Å²) in [4.78, 5) is 27.5. The van der Waals surface area contributed by atoms with Gasteiger partial charge >= 0.3 is 0 Å². The Kier molecular flexibility index (Phi) is 5.15. The van der Waals surface area contributed by atoms with E-state index in [1.807, 2.05) is 5.01 Å². The van der Waals surface area contributed by atoms with E-state index >= 15 is 0 Å². The minimum atomic E-state index is -0.720. The summed E-state index contributed by atoms with van der Waals surface area (Å²) in [5.74, 6) is -1.98. The Morgan fingerprint density at radius 3 is 2.79 bits per heavy atom. The lowest BCUT2D eigenvalue weighted by Gasteiger charge is -2.49.